The van der Waals surface area contributed by atoms with Crippen LogP contribution in [-0.2, 0) is 20.7 Å². The van der Waals surface area contributed by atoms with E-state index in [0.29, 0.717) is 12.5 Å². The summed E-state index contributed by atoms with van der Waals surface area (Å²) in [6.07, 6.45) is 2.40. The number of rotatable bonds is 7. The number of Topliss-reactive ketones (excluding diaryl/α,β-unsaturated/α-hetero) is 1. The number of hydrogen-bond donors (Lipinski definition) is 1. The second kappa shape index (κ2) is 10.1. The first kappa shape index (κ1) is 25.0. The van der Waals surface area contributed by atoms with E-state index in [1.165, 1.54) is 29.2 Å². The Hall–Kier alpha value is -2.63. The third-order valence-corrected chi connectivity index (χ3v) is 6.24. The highest BCUT2D eigenvalue weighted by Gasteiger charge is 2.39. The van der Waals surface area contributed by atoms with Gasteiger partial charge in [0.1, 0.15) is 17.4 Å². The van der Waals surface area contributed by atoms with Crippen LogP contribution >= 0.6 is 0 Å². The summed E-state index contributed by atoms with van der Waals surface area (Å²) in [5.74, 6) is 0.276. The number of hydrogen-bond acceptors (Lipinski definition) is 4. The fraction of sp³-hybridized carbons (Fsp3) is 0.593. The average Bonchev–Trinajstić information content (AvgIpc) is 3.08. The van der Waals surface area contributed by atoms with Gasteiger partial charge in [0, 0.05) is 13.0 Å². The zero-order valence-corrected chi connectivity index (χ0v) is 20.9. The van der Waals surface area contributed by atoms with Crippen LogP contribution in [0.2, 0.25) is 0 Å². The van der Waals surface area contributed by atoms with Gasteiger partial charge in [-0.2, -0.15) is 0 Å². The Kier molecular flexibility index (Phi) is 7.65. The fourth-order valence-electron chi connectivity index (χ4n) is 4.88. The van der Waals surface area contributed by atoms with Crippen molar-refractivity contribution in [2.75, 3.05) is 6.54 Å². The van der Waals surface area contributed by atoms with Crippen molar-refractivity contribution in [3.05, 3.63) is 41.0 Å². The third kappa shape index (κ3) is 6.24. The highest BCUT2D eigenvalue weighted by Crippen LogP contribution is 2.42. The molecule has 3 rings (SSSR count). The Morgan fingerprint density at radius 2 is 1.88 bits per heavy atom. The van der Waals surface area contributed by atoms with Crippen LogP contribution in [0.4, 0.5) is 4.79 Å². The predicted octanol–water partition coefficient (Wildman–Crippen LogP) is 4.91. The number of nitrogens with one attached hydrogen (secondary N) is 1. The summed E-state index contributed by atoms with van der Waals surface area (Å²) in [5, 5.41) is 2.76. The summed E-state index contributed by atoms with van der Waals surface area (Å²) in [4.78, 5) is 39.9. The molecule has 0 radical (unpaired) electrons. The summed E-state index contributed by atoms with van der Waals surface area (Å²) < 4.78 is 5.40. The molecule has 6 nitrogen and oxygen atoms in total. The minimum absolute atomic E-state index is 0.00563. The van der Waals surface area contributed by atoms with Gasteiger partial charge in [-0.25, -0.2) is 4.79 Å². The maximum atomic E-state index is 13.8. The van der Waals surface area contributed by atoms with Gasteiger partial charge in [-0.3, -0.25) is 4.79 Å². The first-order valence-corrected chi connectivity index (χ1v) is 12.1. The minimum Gasteiger partial charge on any atom is -0.444 e. The normalized spacial score (nSPS) is 18.6. The van der Waals surface area contributed by atoms with E-state index >= 15 is 0 Å². The van der Waals surface area contributed by atoms with Crippen molar-refractivity contribution in [1.82, 2.24) is 10.2 Å². The van der Waals surface area contributed by atoms with Crippen LogP contribution in [0.1, 0.15) is 78.4 Å². The van der Waals surface area contributed by atoms with Gasteiger partial charge in [0.05, 0.1) is 6.04 Å². The van der Waals surface area contributed by atoms with Gasteiger partial charge in [-0.05, 0) is 81.6 Å². The molecule has 1 aromatic carbocycles. The monoisotopic (exact) mass is 454 g/mol. The number of carbonyl (C=O) groups excluding carboxylic acids is 3. The highest BCUT2D eigenvalue weighted by molar-refractivity contribution is 5.89. The molecule has 6 heteroatoms. The summed E-state index contributed by atoms with van der Waals surface area (Å²) in [5.41, 5.74) is 4.67. The Morgan fingerprint density at radius 3 is 2.52 bits per heavy atom. The Balaban J connectivity index is 1.86. The summed E-state index contributed by atoms with van der Waals surface area (Å²) in [7, 11) is 0. The number of nitrogens with zero attached hydrogens (tertiary/aromatic N) is 1. The van der Waals surface area contributed by atoms with Crippen LogP contribution < -0.4 is 5.32 Å². The molecule has 180 valence electrons. The molecule has 1 heterocycles. The van der Waals surface area contributed by atoms with Gasteiger partial charge >= 0.3 is 6.09 Å². The molecular formula is C27H38N2O4. The van der Waals surface area contributed by atoms with E-state index in [0.717, 1.165) is 19.3 Å². The van der Waals surface area contributed by atoms with Crippen molar-refractivity contribution < 1.29 is 19.1 Å². The van der Waals surface area contributed by atoms with Crippen LogP contribution in [0, 0.1) is 5.92 Å². The maximum absolute atomic E-state index is 13.8. The first-order chi connectivity index (χ1) is 15.5. The molecule has 1 aliphatic carbocycles. The van der Waals surface area contributed by atoms with E-state index < -0.39 is 17.7 Å². The van der Waals surface area contributed by atoms with E-state index in [-0.39, 0.29) is 30.6 Å². The van der Waals surface area contributed by atoms with Crippen molar-refractivity contribution in [1.29, 1.82) is 0 Å². The van der Waals surface area contributed by atoms with Gasteiger partial charge in [-0.15, -0.1) is 0 Å². The molecular weight excluding hydrogens is 416 g/mol. The zero-order valence-electron chi connectivity index (χ0n) is 20.9. The Morgan fingerprint density at radius 1 is 1.18 bits per heavy atom. The number of ketones is 1. The van der Waals surface area contributed by atoms with Crippen LogP contribution in [0.5, 0.6) is 0 Å². The largest absolute Gasteiger partial charge is 0.444 e. The molecule has 2 atom stereocenters. The zero-order chi connectivity index (χ0) is 24.3. The maximum Gasteiger partial charge on any atom is 0.408 e. The Bertz CT molecular complexity index is 942. The second-order valence-electron chi connectivity index (χ2n) is 10.7. The molecule has 2 aliphatic rings. The van der Waals surface area contributed by atoms with E-state index in [1.807, 2.05) is 4.90 Å². The summed E-state index contributed by atoms with van der Waals surface area (Å²) in [6.45, 7) is 11.8. The minimum atomic E-state index is -0.788. The SMILES string of the molecule is CC(=O)CC[C@@H](NC(=O)OC(C)(C)C)C(=O)N1CCC2=C(Cc3ccccc32)C1CC(C)C. The summed E-state index contributed by atoms with van der Waals surface area (Å²) in [6, 6.07) is 7.71. The lowest BCUT2D eigenvalue weighted by Crippen LogP contribution is -2.54. The summed E-state index contributed by atoms with van der Waals surface area (Å²) >= 11 is 0. The molecule has 0 saturated carbocycles. The van der Waals surface area contributed by atoms with E-state index in [4.69, 9.17) is 4.74 Å². The van der Waals surface area contributed by atoms with Gasteiger partial charge in [0.2, 0.25) is 5.91 Å². The quantitative estimate of drug-likeness (QED) is 0.635. The number of benzene rings is 1. The van der Waals surface area contributed by atoms with Gasteiger partial charge < -0.3 is 19.7 Å². The molecule has 0 fully saturated rings. The molecule has 1 aromatic rings. The lowest BCUT2D eigenvalue weighted by molar-refractivity contribution is -0.136. The predicted molar refractivity (Wildman–Crippen MR) is 130 cm³/mol. The molecule has 1 unspecified atom stereocenters. The van der Waals surface area contributed by atoms with Crippen LogP contribution in [0.15, 0.2) is 29.8 Å². The molecule has 0 bridgehead atoms. The van der Waals surface area contributed by atoms with E-state index in [2.05, 4.69) is 43.4 Å². The van der Waals surface area contributed by atoms with E-state index in [1.54, 1.807) is 20.8 Å². The number of carbonyl (C=O) groups is 3. The van der Waals surface area contributed by atoms with Gasteiger partial charge in [-0.1, -0.05) is 38.1 Å². The van der Waals surface area contributed by atoms with Gasteiger partial charge in [0.15, 0.2) is 0 Å². The molecule has 0 saturated heterocycles. The third-order valence-electron chi connectivity index (χ3n) is 6.24. The number of alkyl carbamates (subject to hydrolysis) is 1. The standard InChI is InChI=1S/C27H38N2O4/c1-17(2)15-24-22-16-19-9-7-8-10-20(19)21(22)13-14-29(24)25(31)23(12-11-18(3)30)28-26(32)33-27(4,5)6/h7-10,17,23-24H,11-16H2,1-6H3,(H,28,32)/t23-,24?/m1/s1. The molecule has 1 aliphatic heterocycles. The number of fused-ring (bicyclic) bond motifs is 2. The number of ether oxygens (including phenoxy) is 1. The van der Waals surface area contributed by atoms with Gasteiger partial charge in [0.25, 0.3) is 0 Å². The van der Waals surface area contributed by atoms with Crippen LogP contribution in [0.3, 0.4) is 0 Å². The van der Waals surface area contributed by atoms with Crippen LogP contribution in [0.25, 0.3) is 5.57 Å². The molecule has 0 aromatic heterocycles. The van der Waals surface area contributed by atoms with E-state index in [9.17, 15) is 14.4 Å². The molecule has 0 spiro atoms. The lowest BCUT2D eigenvalue weighted by atomic mass is 9.87. The molecule has 33 heavy (non-hydrogen) atoms. The van der Waals surface area contributed by atoms with Crippen molar-refractivity contribution in [3.63, 3.8) is 0 Å². The highest BCUT2D eigenvalue weighted by atomic mass is 16.6. The average molecular weight is 455 g/mol. The number of amides is 2. The lowest BCUT2D eigenvalue weighted by Gasteiger charge is -2.40. The van der Waals surface area contributed by atoms with Crippen LogP contribution in [-0.4, -0.2) is 46.9 Å². The van der Waals surface area contributed by atoms with Crippen molar-refractivity contribution in [3.8, 4) is 0 Å². The van der Waals surface area contributed by atoms with Crippen molar-refractivity contribution >= 4 is 23.4 Å². The Labute approximate surface area is 197 Å². The smallest absolute Gasteiger partial charge is 0.408 e. The van der Waals surface area contributed by atoms with Crippen molar-refractivity contribution in [2.45, 2.75) is 91.3 Å². The topological polar surface area (TPSA) is 75.7 Å². The first-order valence-electron chi connectivity index (χ1n) is 12.1. The fourth-order valence-corrected chi connectivity index (χ4v) is 4.88. The molecule has 2 amide bonds. The molecule has 1 N–H and O–H groups in total. The second-order valence-corrected chi connectivity index (χ2v) is 10.7. The van der Waals surface area contributed by atoms with Crippen molar-refractivity contribution in [2.24, 2.45) is 5.92 Å².